The van der Waals surface area contributed by atoms with Crippen LogP contribution in [0.15, 0.2) is 0 Å². The van der Waals surface area contributed by atoms with Crippen molar-refractivity contribution in [3.05, 3.63) is 0 Å². The fraction of sp³-hybridized carbons (Fsp3) is 0.941. The van der Waals surface area contributed by atoms with E-state index < -0.39 is 11.4 Å². The van der Waals surface area contributed by atoms with Crippen LogP contribution in [0, 0.1) is 5.41 Å². The predicted molar refractivity (Wildman–Crippen MR) is 85.5 cm³/mol. The van der Waals surface area contributed by atoms with Crippen molar-refractivity contribution in [3.8, 4) is 0 Å². The van der Waals surface area contributed by atoms with Gasteiger partial charge in [-0.3, -0.25) is 9.69 Å². The SMILES string of the molecule is CCCC1(C(=O)O)CCCN(C2CCCN(CC)CC2)C1. The third kappa shape index (κ3) is 3.98. The maximum absolute atomic E-state index is 11.8. The Balaban J connectivity index is 2.01. The van der Waals surface area contributed by atoms with E-state index in [1.165, 1.54) is 32.4 Å². The molecule has 0 aromatic heterocycles. The van der Waals surface area contributed by atoms with Crippen LogP contribution < -0.4 is 0 Å². The van der Waals surface area contributed by atoms with Gasteiger partial charge in [0.15, 0.2) is 0 Å². The van der Waals surface area contributed by atoms with Gasteiger partial charge in [-0.2, -0.15) is 0 Å². The highest BCUT2D eigenvalue weighted by Crippen LogP contribution is 2.37. The molecule has 2 heterocycles. The van der Waals surface area contributed by atoms with Crippen LogP contribution >= 0.6 is 0 Å². The normalized spacial score (nSPS) is 32.8. The molecule has 2 saturated heterocycles. The summed E-state index contributed by atoms with van der Waals surface area (Å²) in [5.41, 5.74) is -0.482. The molecular weight excluding hydrogens is 264 g/mol. The van der Waals surface area contributed by atoms with Crippen molar-refractivity contribution >= 4 is 5.97 Å². The lowest BCUT2D eigenvalue weighted by atomic mass is 9.75. The predicted octanol–water partition coefficient (Wildman–Crippen LogP) is 2.83. The van der Waals surface area contributed by atoms with Crippen LogP contribution in [0.1, 0.15) is 58.8 Å². The van der Waals surface area contributed by atoms with Gasteiger partial charge < -0.3 is 10.0 Å². The van der Waals surface area contributed by atoms with E-state index in [1.54, 1.807) is 0 Å². The first-order valence-electron chi connectivity index (χ1n) is 8.81. The number of nitrogens with zero attached hydrogens (tertiary/aromatic N) is 2. The smallest absolute Gasteiger partial charge is 0.310 e. The molecular formula is C17H32N2O2. The van der Waals surface area contributed by atoms with Crippen molar-refractivity contribution in [3.63, 3.8) is 0 Å². The average molecular weight is 296 g/mol. The largest absolute Gasteiger partial charge is 0.481 e. The molecule has 2 fully saturated rings. The lowest BCUT2D eigenvalue weighted by molar-refractivity contribution is -0.154. The van der Waals surface area contributed by atoms with Crippen LogP contribution in [0.25, 0.3) is 0 Å². The molecule has 0 aromatic carbocycles. The molecule has 0 saturated carbocycles. The van der Waals surface area contributed by atoms with Crippen LogP contribution in [0.2, 0.25) is 0 Å². The third-order valence-electron chi connectivity index (χ3n) is 5.54. The number of likely N-dealkylation sites (tertiary alicyclic amines) is 2. The third-order valence-corrected chi connectivity index (χ3v) is 5.54. The van der Waals surface area contributed by atoms with Gasteiger partial charge >= 0.3 is 5.97 Å². The van der Waals surface area contributed by atoms with Gasteiger partial charge in [0.25, 0.3) is 0 Å². The maximum Gasteiger partial charge on any atom is 0.310 e. The van der Waals surface area contributed by atoms with Gasteiger partial charge in [0.2, 0.25) is 0 Å². The Bertz CT molecular complexity index is 344. The van der Waals surface area contributed by atoms with E-state index >= 15 is 0 Å². The minimum Gasteiger partial charge on any atom is -0.481 e. The molecule has 2 atom stereocenters. The number of hydrogen-bond donors (Lipinski definition) is 1. The molecule has 2 rings (SSSR count). The van der Waals surface area contributed by atoms with Gasteiger partial charge in [-0.25, -0.2) is 0 Å². The number of rotatable bonds is 5. The van der Waals surface area contributed by atoms with E-state index in [-0.39, 0.29) is 0 Å². The van der Waals surface area contributed by atoms with Crippen LogP contribution in [0.5, 0.6) is 0 Å². The summed E-state index contributed by atoms with van der Waals surface area (Å²) < 4.78 is 0. The number of hydrogen-bond acceptors (Lipinski definition) is 3. The van der Waals surface area contributed by atoms with Gasteiger partial charge in [-0.05, 0) is 64.7 Å². The van der Waals surface area contributed by atoms with Gasteiger partial charge in [0.05, 0.1) is 5.41 Å². The van der Waals surface area contributed by atoms with Crippen molar-refractivity contribution < 1.29 is 9.90 Å². The minimum atomic E-state index is -0.571. The second-order valence-electron chi connectivity index (χ2n) is 6.93. The van der Waals surface area contributed by atoms with Crippen LogP contribution in [0.3, 0.4) is 0 Å². The Hall–Kier alpha value is -0.610. The van der Waals surface area contributed by atoms with Gasteiger partial charge in [0, 0.05) is 12.6 Å². The fourth-order valence-corrected chi connectivity index (χ4v) is 4.26. The van der Waals surface area contributed by atoms with Gasteiger partial charge in [-0.1, -0.05) is 20.3 Å². The first-order chi connectivity index (χ1) is 10.1. The van der Waals surface area contributed by atoms with Crippen molar-refractivity contribution in [1.29, 1.82) is 0 Å². The highest BCUT2D eigenvalue weighted by molar-refractivity contribution is 5.75. The first kappa shape index (κ1) is 16.8. The van der Waals surface area contributed by atoms with Crippen molar-refractivity contribution in [2.24, 2.45) is 5.41 Å². The molecule has 0 aromatic rings. The molecule has 4 heteroatoms. The number of carboxylic acids is 1. The van der Waals surface area contributed by atoms with Crippen LogP contribution in [-0.2, 0) is 4.79 Å². The second-order valence-corrected chi connectivity index (χ2v) is 6.93. The Kier molecular flexibility index (Phi) is 6.06. The highest BCUT2D eigenvalue weighted by atomic mass is 16.4. The van der Waals surface area contributed by atoms with E-state index in [1.807, 2.05) is 0 Å². The molecule has 21 heavy (non-hydrogen) atoms. The standard InChI is InChI=1S/C17H32N2O2/c1-3-9-17(16(20)21)10-6-12-19(14-17)15-7-5-11-18(4-2)13-8-15/h15H,3-14H2,1-2H3,(H,20,21). The van der Waals surface area contributed by atoms with E-state index in [2.05, 4.69) is 23.6 Å². The van der Waals surface area contributed by atoms with E-state index in [4.69, 9.17) is 0 Å². The second kappa shape index (κ2) is 7.59. The molecule has 0 aliphatic carbocycles. The van der Waals surface area contributed by atoms with E-state index in [0.29, 0.717) is 6.04 Å². The number of carboxylic acid groups (broad SMARTS) is 1. The summed E-state index contributed by atoms with van der Waals surface area (Å²) in [6, 6.07) is 0.595. The van der Waals surface area contributed by atoms with Gasteiger partial charge in [0.1, 0.15) is 0 Å². The Morgan fingerprint density at radius 2 is 2.00 bits per heavy atom. The zero-order chi connectivity index (χ0) is 15.3. The summed E-state index contributed by atoms with van der Waals surface area (Å²) in [5.74, 6) is -0.571. The maximum atomic E-state index is 11.8. The minimum absolute atomic E-state index is 0.482. The monoisotopic (exact) mass is 296 g/mol. The zero-order valence-electron chi connectivity index (χ0n) is 13.8. The first-order valence-corrected chi connectivity index (χ1v) is 8.81. The number of carbonyl (C=O) groups is 1. The van der Waals surface area contributed by atoms with E-state index in [9.17, 15) is 9.90 Å². The summed E-state index contributed by atoms with van der Waals surface area (Å²) in [6.07, 6.45) is 7.39. The highest BCUT2D eigenvalue weighted by Gasteiger charge is 2.43. The van der Waals surface area contributed by atoms with Gasteiger partial charge in [-0.15, -0.1) is 0 Å². The summed E-state index contributed by atoms with van der Waals surface area (Å²) in [6.45, 7) is 9.72. The summed E-state index contributed by atoms with van der Waals surface area (Å²) in [5, 5.41) is 9.74. The summed E-state index contributed by atoms with van der Waals surface area (Å²) in [4.78, 5) is 16.9. The van der Waals surface area contributed by atoms with Crippen molar-refractivity contribution in [2.45, 2.75) is 64.8 Å². The van der Waals surface area contributed by atoms with Crippen LogP contribution in [-0.4, -0.2) is 59.6 Å². The molecule has 1 N–H and O–H groups in total. The molecule has 0 radical (unpaired) electrons. The molecule has 0 bridgehead atoms. The quantitative estimate of drug-likeness (QED) is 0.847. The topological polar surface area (TPSA) is 43.8 Å². The number of aliphatic carboxylic acids is 1. The molecule has 2 aliphatic heterocycles. The Labute approximate surface area is 129 Å². The summed E-state index contributed by atoms with van der Waals surface area (Å²) >= 11 is 0. The van der Waals surface area contributed by atoms with Crippen molar-refractivity contribution in [1.82, 2.24) is 9.80 Å². The lowest BCUT2D eigenvalue weighted by Crippen LogP contribution is -2.51. The molecule has 0 amide bonds. The lowest BCUT2D eigenvalue weighted by Gasteiger charge is -2.43. The summed E-state index contributed by atoms with van der Waals surface area (Å²) in [7, 11) is 0. The Morgan fingerprint density at radius 3 is 2.67 bits per heavy atom. The van der Waals surface area contributed by atoms with Crippen LogP contribution in [0.4, 0.5) is 0 Å². The zero-order valence-corrected chi connectivity index (χ0v) is 13.8. The average Bonchev–Trinajstić information content (AvgIpc) is 2.73. The molecule has 4 nitrogen and oxygen atoms in total. The molecule has 122 valence electrons. The van der Waals surface area contributed by atoms with E-state index in [0.717, 1.165) is 45.3 Å². The molecule has 0 spiro atoms. The molecule has 2 unspecified atom stereocenters. The van der Waals surface area contributed by atoms with Crippen molar-refractivity contribution in [2.75, 3.05) is 32.7 Å². The number of piperidine rings is 1. The molecule has 2 aliphatic rings. The Morgan fingerprint density at radius 1 is 1.19 bits per heavy atom. The fourth-order valence-electron chi connectivity index (χ4n) is 4.26.